The maximum atomic E-state index is 12.0. The number of carbonyl (C=O) groups is 2. The molecular formula is C16H18N2O3S. The molecule has 0 atom stereocenters. The van der Waals surface area contributed by atoms with Gasteiger partial charge < -0.3 is 10.4 Å². The molecule has 116 valence electrons. The van der Waals surface area contributed by atoms with Gasteiger partial charge in [-0.1, -0.05) is 23.8 Å². The number of thiazole rings is 1. The highest BCUT2D eigenvalue weighted by Crippen LogP contribution is 2.12. The van der Waals surface area contributed by atoms with Crippen molar-refractivity contribution >= 4 is 23.2 Å². The lowest BCUT2D eigenvalue weighted by Gasteiger charge is -2.08. The molecule has 5 nitrogen and oxygen atoms in total. The first-order valence-electron chi connectivity index (χ1n) is 6.96. The molecule has 0 fully saturated rings. The van der Waals surface area contributed by atoms with Crippen LogP contribution in [0.4, 0.5) is 0 Å². The van der Waals surface area contributed by atoms with E-state index in [1.54, 1.807) is 0 Å². The van der Waals surface area contributed by atoms with Crippen molar-refractivity contribution < 1.29 is 14.7 Å². The summed E-state index contributed by atoms with van der Waals surface area (Å²) in [6.45, 7) is 4.45. The fraction of sp³-hybridized carbons (Fsp3) is 0.312. The molecule has 1 amide bonds. The van der Waals surface area contributed by atoms with Gasteiger partial charge in [-0.25, -0.2) is 9.78 Å². The van der Waals surface area contributed by atoms with Crippen molar-refractivity contribution in [3.8, 4) is 0 Å². The van der Waals surface area contributed by atoms with E-state index in [0.29, 0.717) is 24.4 Å². The van der Waals surface area contributed by atoms with Crippen LogP contribution in [-0.2, 0) is 17.6 Å². The highest BCUT2D eigenvalue weighted by Gasteiger charge is 2.09. The number of aromatic carboxylic acids is 1. The number of benzene rings is 1. The second-order valence-electron chi connectivity index (χ2n) is 5.14. The molecule has 0 aliphatic heterocycles. The Morgan fingerprint density at radius 2 is 2.09 bits per heavy atom. The maximum Gasteiger partial charge on any atom is 0.355 e. The van der Waals surface area contributed by atoms with Crippen molar-refractivity contribution in [3.05, 3.63) is 51.0 Å². The zero-order valence-corrected chi connectivity index (χ0v) is 13.4. The summed E-state index contributed by atoms with van der Waals surface area (Å²) in [6, 6.07) is 6.06. The molecule has 0 saturated heterocycles. The average Bonchev–Trinajstić information content (AvgIpc) is 2.92. The average molecular weight is 318 g/mol. The molecular weight excluding hydrogens is 300 g/mol. The molecule has 2 rings (SSSR count). The molecule has 1 aromatic carbocycles. The first kappa shape index (κ1) is 16.2. The minimum Gasteiger partial charge on any atom is -0.476 e. The number of hydrogen-bond acceptors (Lipinski definition) is 4. The summed E-state index contributed by atoms with van der Waals surface area (Å²) < 4.78 is 0. The standard InChI is InChI=1S/C16H18N2O3S/c1-10-3-4-11(2)12(7-10)8-14(19)17-6-5-15-18-13(9-22-15)16(20)21/h3-4,7,9H,5-6,8H2,1-2H3,(H,17,19)(H,20,21). The van der Waals surface area contributed by atoms with Crippen LogP contribution in [0.25, 0.3) is 0 Å². The summed E-state index contributed by atoms with van der Waals surface area (Å²) in [4.78, 5) is 26.7. The number of nitrogens with one attached hydrogen (secondary N) is 1. The van der Waals surface area contributed by atoms with Gasteiger partial charge in [0.25, 0.3) is 0 Å². The topological polar surface area (TPSA) is 79.3 Å². The van der Waals surface area contributed by atoms with Gasteiger partial charge in [0.15, 0.2) is 5.69 Å². The zero-order chi connectivity index (χ0) is 16.1. The molecule has 6 heteroatoms. The largest absolute Gasteiger partial charge is 0.476 e. The number of carboxylic acid groups (broad SMARTS) is 1. The number of aromatic nitrogens is 1. The summed E-state index contributed by atoms with van der Waals surface area (Å²) in [5.74, 6) is -1.06. The SMILES string of the molecule is Cc1ccc(C)c(CC(=O)NCCc2nc(C(=O)O)cs2)c1. The van der Waals surface area contributed by atoms with E-state index in [1.165, 1.54) is 16.7 Å². The number of nitrogens with zero attached hydrogens (tertiary/aromatic N) is 1. The lowest BCUT2D eigenvalue weighted by Crippen LogP contribution is -2.27. The van der Waals surface area contributed by atoms with E-state index < -0.39 is 5.97 Å². The number of aryl methyl sites for hydroxylation is 2. The van der Waals surface area contributed by atoms with Crippen LogP contribution in [0.2, 0.25) is 0 Å². The molecule has 0 bridgehead atoms. The quantitative estimate of drug-likeness (QED) is 0.857. The third-order valence-corrected chi connectivity index (χ3v) is 4.20. The number of rotatable bonds is 6. The van der Waals surface area contributed by atoms with Crippen LogP contribution in [0.1, 0.15) is 32.2 Å². The molecule has 0 aliphatic carbocycles. The smallest absolute Gasteiger partial charge is 0.355 e. The molecule has 0 saturated carbocycles. The van der Waals surface area contributed by atoms with Gasteiger partial charge in [0, 0.05) is 18.3 Å². The second kappa shape index (κ2) is 7.17. The normalized spacial score (nSPS) is 10.5. The van der Waals surface area contributed by atoms with Gasteiger partial charge in [0.1, 0.15) is 0 Å². The summed E-state index contributed by atoms with van der Waals surface area (Å²) in [5.41, 5.74) is 3.32. The lowest BCUT2D eigenvalue weighted by molar-refractivity contribution is -0.120. The zero-order valence-electron chi connectivity index (χ0n) is 12.5. The molecule has 22 heavy (non-hydrogen) atoms. The van der Waals surface area contributed by atoms with Gasteiger partial charge in [-0.3, -0.25) is 4.79 Å². The fourth-order valence-corrected chi connectivity index (χ4v) is 2.83. The van der Waals surface area contributed by atoms with Crippen LogP contribution in [0, 0.1) is 13.8 Å². The molecule has 0 aliphatic rings. The molecule has 2 N–H and O–H groups in total. The molecule has 1 heterocycles. The Morgan fingerprint density at radius 3 is 2.77 bits per heavy atom. The Bertz CT molecular complexity index is 694. The summed E-state index contributed by atoms with van der Waals surface area (Å²) in [5, 5.41) is 13.9. The Hall–Kier alpha value is -2.21. The predicted octanol–water partition coefficient (Wildman–Crippen LogP) is 2.36. The van der Waals surface area contributed by atoms with E-state index in [9.17, 15) is 9.59 Å². The van der Waals surface area contributed by atoms with E-state index >= 15 is 0 Å². The van der Waals surface area contributed by atoms with Crippen molar-refractivity contribution in [1.82, 2.24) is 10.3 Å². The minimum absolute atomic E-state index is 0.0382. The van der Waals surface area contributed by atoms with E-state index in [2.05, 4.69) is 10.3 Å². The van der Waals surface area contributed by atoms with Gasteiger partial charge in [-0.2, -0.15) is 0 Å². The molecule has 0 spiro atoms. The van der Waals surface area contributed by atoms with E-state index in [-0.39, 0.29) is 11.6 Å². The Balaban J connectivity index is 1.82. The van der Waals surface area contributed by atoms with Crippen molar-refractivity contribution in [2.45, 2.75) is 26.7 Å². The van der Waals surface area contributed by atoms with E-state index in [0.717, 1.165) is 16.7 Å². The van der Waals surface area contributed by atoms with Crippen LogP contribution < -0.4 is 5.32 Å². The lowest BCUT2D eigenvalue weighted by atomic mass is 10.0. The number of amides is 1. The van der Waals surface area contributed by atoms with Crippen LogP contribution in [0.3, 0.4) is 0 Å². The third kappa shape index (κ3) is 4.39. The number of hydrogen-bond donors (Lipinski definition) is 2. The fourth-order valence-electron chi connectivity index (χ4n) is 2.06. The molecule has 2 aromatic rings. The Labute approximate surface area is 133 Å². The van der Waals surface area contributed by atoms with Crippen LogP contribution in [0.5, 0.6) is 0 Å². The van der Waals surface area contributed by atoms with E-state index in [4.69, 9.17) is 5.11 Å². The molecule has 0 radical (unpaired) electrons. The van der Waals surface area contributed by atoms with Gasteiger partial charge in [-0.15, -0.1) is 11.3 Å². The minimum atomic E-state index is -1.03. The first-order chi connectivity index (χ1) is 10.5. The third-order valence-electron chi connectivity index (χ3n) is 3.29. The van der Waals surface area contributed by atoms with Gasteiger partial charge in [0.05, 0.1) is 11.4 Å². The van der Waals surface area contributed by atoms with Crippen LogP contribution in [0.15, 0.2) is 23.6 Å². The van der Waals surface area contributed by atoms with Crippen molar-refractivity contribution in [3.63, 3.8) is 0 Å². The maximum absolute atomic E-state index is 12.0. The summed E-state index contributed by atoms with van der Waals surface area (Å²) in [7, 11) is 0. The van der Waals surface area contributed by atoms with Gasteiger partial charge >= 0.3 is 5.97 Å². The second-order valence-corrected chi connectivity index (χ2v) is 6.08. The first-order valence-corrected chi connectivity index (χ1v) is 7.84. The Kier molecular flexibility index (Phi) is 5.27. The van der Waals surface area contributed by atoms with Crippen LogP contribution in [-0.4, -0.2) is 28.5 Å². The monoisotopic (exact) mass is 318 g/mol. The van der Waals surface area contributed by atoms with E-state index in [1.807, 2.05) is 32.0 Å². The molecule has 0 unspecified atom stereocenters. The van der Waals surface area contributed by atoms with Crippen molar-refractivity contribution in [2.75, 3.05) is 6.54 Å². The highest BCUT2D eigenvalue weighted by atomic mass is 32.1. The Morgan fingerprint density at radius 1 is 1.32 bits per heavy atom. The molecule has 1 aromatic heterocycles. The van der Waals surface area contributed by atoms with Crippen molar-refractivity contribution in [2.24, 2.45) is 0 Å². The summed E-state index contributed by atoms with van der Waals surface area (Å²) in [6.07, 6.45) is 0.891. The van der Waals surface area contributed by atoms with Gasteiger partial charge in [0.2, 0.25) is 5.91 Å². The van der Waals surface area contributed by atoms with Crippen molar-refractivity contribution in [1.29, 1.82) is 0 Å². The van der Waals surface area contributed by atoms with Crippen LogP contribution >= 0.6 is 11.3 Å². The number of carbonyl (C=O) groups excluding carboxylic acids is 1. The van der Waals surface area contributed by atoms with Gasteiger partial charge in [-0.05, 0) is 25.0 Å². The predicted molar refractivity (Wildman–Crippen MR) is 85.4 cm³/mol. The number of carboxylic acids is 1. The highest BCUT2D eigenvalue weighted by molar-refractivity contribution is 7.09. The summed E-state index contributed by atoms with van der Waals surface area (Å²) >= 11 is 1.29.